The van der Waals surface area contributed by atoms with Gasteiger partial charge in [0.25, 0.3) is 0 Å². The van der Waals surface area contributed by atoms with Gasteiger partial charge in [0.05, 0.1) is 6.54 Å². The number of carbonyl (C=O) groups excluding carboxylic acids is 1. The number of nitrogens with one attached hydrogen (secondary N) is 2. The molecule has 2 amide bonds. The first-order chi connectivity index (χ1) is 8.79. The van der Waals surface area contributed by atoms with E-state index in [0.29, 0.717) is 19.5 Å². The summed E-state index contributed by atoms with van der Waals surface area (Å²) in [6.07, 6.45) is 1.40. The molecule has 1 atom stereocenters. The van der Waals surface area contributed by atoms with Crippen molar-refractivity contribution in [3.8, 4) is 5.75 Å². The fourth-order valence-electron chi connectivity index (χ4n) is 1.92. The van der Waals surface area contributed by atoms with E-state index in [1.165, 1.54) is 5.56 Å². The molecule has 0 fully saturated rings. The minimum absolute atomic E-state index is 0.00555. The Bertz CT molecular complexity index is 384. The van der Waals surface area contributed by atoms with Gasteiger partial charge in [0, 0.05) is 19.6 Å². The predicted molar refractivity (Wildman–Crippen MR) is 67.7 cm³/mol. The van der Waals surface area contributed by atoms with E-state index < -0.39 is 0 Å². The molecule has 0 bridgehead atoms. The topological polar surface area (TPSA) is 70.6 Å². The lowest BCUT2D eigenvalue weighted by Gasteiger charge is -2.12. The average Bonchev–Trinajstić information content (AvgIpc) is 2.79. The summed E-state index contributed by atoms with van der Waals surface area (Å²) in [5.74, 6) is 0.907. The highest BCUT2D eigenvalue weighted by atomic mass is 16.5. The summed E-state index contributed by atoms with van der Waals surface area (Å²) in [7, 11) is 0. The van der Waals surface area contributed by atoms with Crippen LogP contribution < -0.4 is 15.4 Å². The summed E-state index contributed by atoms with van der Waals surface area (Å²) in [5.41, 5.74) is 1.19. The summed E-state index contributed by atoms with van der Waals surface area (Å²) in [6, 6.07) is 7.69. The van der Waals surface area contributed by atoms with E-state index in [-0.39, 0.29) is 18.7 Å². The molecule has 1 unspecified atom stereocenters. The molecule has 18 heavy (non-hydrogen) atoms. The first-order valence-electron chi connectivity index (χ1n) is 6.16. The van der Waals surface area contributed by atoms with E-state index in [0.717, 1.165) is 12.2 Å². The number of para-hydroxylation sites is 1. The van der Waals surface area contributed by atoms with Gasteiger partial charge < -0.3 is 20.5 Å². The SMILES string of the molecule is O=C(NCCCO)NCC1Cc2ccccc2O1. The number of ether oxygens (including phenoxy) is 1. The fraction of sp³-hybridized carbons (Fsp3) is 0.462. The Labute approximate surface area is 106 Å². The van der Waals surface area contributed by atoms with Crippen LogP contribution in [0.4, 0.5) is 4.79 Å². The van der Waals surface area contributed by atoms with Crippen LogP contribution in [0.25, 0.3) is 0 Å². The largest absolute Gasteiger partial charge is 0.488 e. The van der Waals surface area contributed by atoms with Crippen molar-refractivity contribution in [2.45, 2.75) is 18.9 Å². The molecule has 5 nitrogen and oxygen atoms in total. The molecule has 0 saturated heterocycles. The number of benzene rings is 1. The molecule has 1 heterocycles. The van der Waals surface area contributed by atoms with Gasteiger partial charge in [-0.2, -0.15) is 0 Å². The van der Waals surface area contributed by atoms with Gasteiger partial charge in [-0.25, -0.2) is 4.79 Å². The number of rotatable bonds is 5. The molecule has 2 rings (SSSR count). The molecule has 1 aliphatic rings. The molecule has 0 aliphatic carbocycles. The summed E-state index contributed by atoms with van der Waals surface area (Å²) >= 11 is 0. The van der Waals surface area contributed by atoms with Crippen LogP contribution in [0.3, 0.4) is 0 Å². The van der Waals surface area contributed by atoms with Crippen LogP contribution >= 0.6 is 0 Å². The zero-order valence-electron chi connectivity index (χ0n) is 10.2. The molecule has 5 heteroatoms. The van der Waals surface area contributed by atoms with E-state index in [1.807, 2.05) is 24.3 Å². The minimum Gasteiger partial charge on any atom is -0.488 e. The highest BCUT2D eigenvalue weighted by Crippen LogP contribution is 2.27. The number of aliphatic hydroxyl groups excluding tert-OH is 1. The number of carbonyl (C=O) groups is 1. The molecule has 3 N–H and O–H groups in total. The van der Waals surface area contributed by atoms with Gasteiger partial charge in [-0.15, -0.1) is 0 Å². The van der Waals surface area contributed by atoms with Crippen molar-refractivity contribution < 1.29 is 14.6 Å². The van der Waals surface area contributed by atoms with E-state index >= 15 is 0 Å². The zero-order chi connectivity index (χ0) is 12.8. The van der Waals surface area contributed by atoms with Crippen LogP contribution in [0.15, 0.2) is 24.3 Å². The summed E-state index contributed by atoms with van der Waals surface area (Å²) in [4.78, 5) is 11.4. The minimum atomic E-state index is -0.219. The third-order valence-corrected chi connectivity index (χ3v) is 2.82. The van der Waals surface area contributed by atoms with Crippen molar-refractivity contribution in [3.05, 3.63) is 29.8 Å². The maximum Gasteiger partial charge on any atom is 0.314 e. The van der Waals surface area contributed by atoms with Crippen LogP contribution in [0.5, 0.6) is 5.75 Å². The Balaban J connectivity index is 1.69. The van der Waals surface area contributed by atoms with Crippen LogP contribution in [0, 0.1) is 0 Å². The zero-order valence-corrected chi connectivity index (χ0v) is 10.2. The van der Waals surface area contributed by atoms with E-state index in [4.69, 9.17) is 9.84 Å². The summed E-state index contributed by atoms with van der Waals surface area (Å²) in [6.45, 7) is 1.05. The Hall–Kier alpha value is -1.75. The van der Waals surface area contributed by atoms with Crippen molar-refractivity contribution in [2.24, 2.45) is 0 Å². The molecule has 0 aromatic heterocycles. The van der Waals surface area contributed by atoms with Gasteiger partial charge in [0.1, 0.15) is 11.9 Å². The number of amides is 2. The van der Waals surface area contributed by atoms with Crippen LogP contribution in [0.2, 0.25) is 0 Å². The standard InChI is InChI=1S/C13H18N2O3/c16-7-3-6-14-13(17)15-9-11-8-10-4-1-2-5-12(10)18-11/h1-2,4-5,11,16H,3,6-9H2,(H2,14,15,17). The van der Waals surface area contributed by atoms with Crippen LogP contribution in [-0.2, 0) is 6.42 Å². The smallest absolute Gasteiger partial charge is 0.314 e. The van der Waals surface area contributed by atoms with Gasteiger partial charge >= 0.3 is 6.03 Å². The first-order valence-corrected chi connectivity index (χ1v) is 6.16. The fourth-order valence-corrected chi connectivity index (χ4v) is 1.92. The molecule has 98 valence electrons. The normalized spacial score (nSPS) is 16.8. The van der Waals surface area contributed by atoms with Gasteiger partial charge in [0.2, 0.25) is 0 Å². The highest BCUT2D eigenvalue weighted by Gasteiger charge is 2.22. The lowest BCUT2D eigenvalue weighted by atomic mass is 10.1. The second kappa shape index (κ2) is 6.26. The molecular formula is C13H18N2O3. The van der Waals surface area contributed by atoms with Gasteiger partial charge in [-0.3, -0.25) is 0 Å². The maximum absolute atomic E-state index is 11.4. The Kier molecular flexibility index (Phi) is 4.41. The van der Waals surface area contributed by atoms with Crippen molar-refractivity contribution in [1.29, 1.82) is 0 Å². The van der Waals surface area contributed by atoms with E-state index in [1.54, 1.807) is 0 Å². The third-order valence-electron chi connectivity index (χ3n) is 2.82. The number of aliphatic hydroxyl groups is 1. The van der Waals surface area contributed by atoms with Crippen molar-refractivity contribution in [1.82, 2.24) is 10.6 Å². The summed E-state index contributed by atoms with van der Waals surface area (Å²) < 4.78 is 5.70. The molecule has 1 aliphatic heterocycles. The quantitative estimate of drug-likeness (QED) is 0.673. The second-order valence-corrected chi connectivity index (χ2v) is 4.27. The molecule has 1 aromatic rings. The van der Waals surface area contributed by atoms with Crippen LogP contribution in [0.1, 0.15) is 12.0 Å². The van der Waals surface area contributed by atoms with Crippen molar-refractivity contribution in [2.75, 3.05) is 19.7 Å². The predicted octanol–water partition coefficient (Wildman–Crippen LogP) is 0.672. The molecule has 0 saturated carbocycles. The third kappa shape index (κ3) is 3.37. The molecule has 0 spiro atoms. The maximum atomic E-state index is 11.4. The monoisotopic (exact) mass is 250 g/mol. The van der Waals surface area contributed by atoms with Gasteiger partial charge in [-0.1, -0.05) is 18.2 Å². The van der Waals surface area contributed by atoms with Gasteiger partial charge in [0.15, 0.2) is 0 Å². The van der Waals surface area contributed by atoms with Crippen LogP contribution in [-0.4, -0.2) is 36.9 Å². The molecule has 1 aromatic carbocycles. The Morgan fingerprint density at radius 1 is 1.39 bits per heavy atom. The number of hydrogen-bond acceptors (Lipinski definition) is 3. The molecular weight excluding hydrogens is 232 g/mol. The van der Waals surface area contributed by atoms with Crippen molar-refractivity contribution >= 4 is 6.03 Å². The Morgan fingerprint density at radius 3 is 3.00 bits per heavy atom. The second-order valence-electron chi connectivity index (χ2n) is 4.27. The van der Waals surface area contributed by atoms with E-state index in [2.05, 4.69) is 10.6 Å². The number of hydrogen-bond donors (Lipinski definition) is 3. The average molecular weight is 250 g/mol. The lowest BCUT2D eigenvalue weighted by molar-refractivity contribution is 0.213. The van der Waals surface area contributed by atoms with Crippen molar-refractivity contribution in [3.63, 3.8) is 0 Å². The van der Waals surface area contributed by atoms with Gasteiger partial charge in [-0.05, 0) is 18.1 Å². The first kappa shape index (κ1) is 12.7. The summed E-state index contributed by atoms with van der Waals surface area (Å²) in [5, 5.41) is 14.0. The molecule has 0 radical (unpaired) electrons. The van der Waals surface area contributed by atoms with E-state index in [9.17, 15) is 4.79 Å². The lowest BCUT2D eigenvalue weighted by Crippen LogP contribution is -2.41. The highest BCUT2D eigenvalue weighted by molar-refractivity contribution is 5.73. The number of fused-ring (bicyclic) bond motifs is 1. The number of urea groups is 1. The Morgan fingerprint density at radius 2 is 2.22 bits per heavy atom.